The lowest BCUT2D eigenvalue weighted by molar-refractivity contribution is 0.303. The van der Waals surface area contributed by atoms with Crippen molar-refractivity contribution in [3.05, 3.63) is 93.4 Å². The predicted octanol–water partition coefficient (Wildman–Crippen LogP) is 3.56. The Kier molecular flexibility index (Phi) is 5.48. The summed E-state index contributed by atoms with van der Waals surface area (Å²) in [5.41, 5.74) is 1.80. The summed E-state index contributed by atoms with van der Waals surface area (Å²) in [6.07, 6.45) is 1.63. The van der Waals surface area contributed by atoms with Crippen LogP contribution in [0, 0.1) is 18.6 Å². The smallest absolute Gasteiger partial charge is 0.257 e. The van der Waals surface area contributed by atoms with Crippen LogP contribution in [-0.4, -0.2) is 4.57 Å². The van der Waals surface area contributed by atoms with Gasteiger partial charge in [-0.3, -0.25) is 4.79 Å². The maximum Gasteiger partial charge on any atom is 0.257 e. The molecule has 2 aromatic carbocycles. The van der Waals surface area contributed by atoms with E-state index in [1.165, 1.54) is 28.8 Å². The maximum absolute atomic E-state index is 13.3. The molecule has 0 fully saturated rings. The third-order valence-electron chi connectivity index (χ3n) is 4.09. The molecule has 1 heterocycles. The topological polar surface area (TPSA) is 31.2 Å². The number of aromatic nitrogens is 1. The second-order valence-corrected chi connectivity index (χ2v) is 6.62. The zero-order valence-electron chi connectivity index (χ0n) is 14.2. The second-order valence-electron chi connectivity index (χ2n) is 6.00. The number of hydrogen-bond donors (Lipinski definition) is 0. The number of hydrogen-bond acceptors (Lipinski definition) is 2. The third kappa shape index (κ3) is 4.17. The van der Waals surface area contributed by atoms with E-state index in [1.807, 2.05) is 0 Å². The minimum absolute atomic E-state index is 0.197. The van der Waals surface area contributed by atoms with E-state index in [0.717, 1.165) is 5.56 Å². The Morgan fingerprint density at radius 1 is 1.08 bits per heavy atom. The summed E-state index contributed by atoms with van der Waals surface area (Å²) < 4.78 is 33.7. The number of benzene rings is 2. The van der Waals surface area contributed by atoms with Gasteiger partial charge in [0.15, 0.2) is 0 Å². The molecule has 0 bridgehead atoms. The maximum atomic E-state index is 13.3. The van der Waals surface area contributed by atoms with Crippen LogP contribution in [0.2, 0.25) is 0 Å². The molecule has 3 rings (SSSR count). The first kappa shape index (κ1) is 18.3. The molecule has 3 aromatic rings. The van der Waals surface area contributed by atoms with Crippen molar-refractivity contribution in [2.24, 2.45) is 0 Å². The van der Waals surface area contributed by atoms with Gasteiger partial charge in [-0.15, -0.1) is 9.24 Å². The molecule has 0 radical (unpaired) electrons. The summed E-state index contributed by atoms with van der Waals surface area (Å²) in [6, 6.07) is 12.3. The highest BCUT2D eigenvalue weighted by Gasteiger charge is 2.09. The van der Waals surface area contributed by atoms with Gasteiger partial charge in [0.25, 0.3) is 5.56 Å². The van der Waals surface area contributed by atoms with Gasteiger partial charge < -0.3 is 9.30 Å². The van der Waals surface area contributed by atoms with E-state index < -0.39 is 0 Å². The number of ether oxygens (including phenoxy) is 1. The molecule has 134 valence electrons. The van der Waals surface area contributed by atoms with Crippen molar-refractivity contribution in [1.82, 2.24) is 4.57 Å². The minimum Gasteiger partial charge on any atom is -0.488 e. The van der Waals surface area contributed by atoms with Crippen LogP contribution in [0.5, 0.6) is 5.75 Å². The molecule has 0 aliphatic heterocycles. The molecule has 1 atom stereocenters. The quantitative estimate of drug-likeness (QED) is 0.641. The molecule has 0 aliphatic rings. The number of nitrogens with zero attached hydrogens (tertiary/aromatic N) is 1. The fourth-order valence-corrected chi connectivity index (χ4v) is 2.98. The van der Waals surface area contributed by atoms with Crippen LogP contribution in [-0.2, 0) is 13.2 Å². The van der Waals surface area contributed by atoms with Gasteiger partial charge in [0.2, 0.25) is 0 Å². The van der Waals surface area contributed by atoms with Crippen molar-refractivity contribution in [2.75, 3.05) is 0 Å². The zero-order valence-corrected chi connectivity index (χ0v) is 15.4. The Morgan fingerprint density at radius 2 is 1.85 bits per heavy atom. The van der Waals surface area contributed by atoms with E-state index in [0.29, 0.717) is 22.2 Å². The molecule has 1 aromatic heterocycles. The summed E-state index contributed by atoms with van der Waals surface area (Å²) in [5, 5.41) is 0.710. The molecule has 0 saturated carbocycles. The van der Waals surface area contributed by atoms with Gasteiger partial charge in [0.05, 0.1) is 12.1 Å². The molecular formula is C20H18F2NO2P. The first-order chi connectivity index (χ1) is 12.4. The summed E-state index contributed by atoms with van der Waals surface area (Å²) in [6.45, 7) is 2.20. The van der Waals surface area contributed by atoms with Crippen LogP contribution in [0.3, 0.4) is 0 Å². The van der Waals surface area contributed by atoms with E-state index in [9.17, 15) is 13.6 Å². The van der Waals surface area contributed by atoms with Crippen molar-refractivity contribution >= 4 is 14.5 Å². The van der Waals surface area contributed by atoms with Crippen molar-refractivity contribution in [3.8, 4) is 5.75 Å². The van der Waals surface area contributed by atoms with E-state index in [-0.39, 0.29) is 30.3 Å². The SMILES string of the molecule is Cc1c(OCc2ccc(F)cc2P)ccn(Cc2cccc(F)c2)c1=O. The fourth-order valence-electron chi connectivity index (χ4n) is 2.64. The monoisotopic (exact) mass is 373 g/mol. The fraction of sp³-hybridized carbons (Fsp3) is 0.150. The Bertz CT molecular complexity index is 1000. The summed E-state index contributed by atoms with van der Waals surface area (Å²) in [4.78, 5) is 12.5. The standard InChI is InChI=1S/C20H18F2NO2P/c1-13-18(25-12-15-5-6-17(22)10-19(15)26)7-8-23(20(13)24)11-14-3-2-4-16(21)9-14/h2-10H,11-12,26H2,1H3. The molecule has 3 nitrogen and oxygen atoms in total. The molecule has 0 spiro atoms. The van der Waals surface area contributed by atoms with Gasteiger partial charge in [-0.25, -0.2) is 8.78 Å². The summed E-state index contributed by atoms with van der Waals surface area (Å²) >= 11 is 0. The highest BCUT2D eigenvalue weighted by molar-refractivity contribution is 7.27. The van der Waals surface area contributed by atoms with Crippen LogP contribution < -0.4 is 15.6 Å². The lowest BCUT2D eigenvalue weighted by atomic mass is 10.2. The van der Waals surface area contributed by atoms with Crippen LogP contribution in [0.1, 0.15) is 16.7 Å². The Labute approximate surface area is 152 Å². The van der Waals surface area contributed by atoms with Crippen LogP contribution >= 0.6 is 9.24 Å². The van der Waals surface area contributed by atoms with Crippen molar-refractivity contribution < 1.29 is 13.5 Å². The van der Waals surface area contributed by atoms with Crippen LogP contribution in [0.15, 0.2) is 59.5 Å². The first-order valence-corrected chi connectivity index (χ1v) is 8.63. The largest absolute Gasteiger partial charge is 0.488 e. The van der Waals surface area contributed by atoms with E-state index in [4.69, 9.17) is 4.74 Å². The Morgan fingerprint density at radius 3 is 2.58 bits per heavy atom. The minimum atomic E-state index is -0.334. The first-order valence-electron chi connectivity index (χ1n) is 8.05. The van der Waals surface area contributed by atoms with E-state index in [2.05, 4.69) is 9.24 Å². The lowest BCUT2D eigenvalue weighted by Gasteiger charge is -2.13. The van der Waals surface area contributed by atoms with E-state index in [1.54, 1.807) is 37.4 Å². The zero-order chi connectivity index (χ0) is 18.7. The van der Waals surface area contributed by atoms with Crippen molar-refractivity contribution in [2.45, 2.75) is 20.1 Å². The number of pyridine rings is 1. The number of halogens is 2. The Hall–Kier alpha value is -2.52. The van der Waals surface area contributed by atoms with E-state index >= 15 is 0 Å². The summed E-state index contributed by atoms with van der Waals surface area (Å²) in [7, 11) is 2.47. The highest BCUT2D eigenvalue weighted by atomic mass is 31.0. The lowest BCUT2D eigenvalue weighted by Crippen LogP contribution is -2.23. The molecule has 0 amide bonds. The van der Waals surface area contributed by atoms with Gasteiger partial charge in [-0.2, -0.15) is 0 Å². The molecule has 26 heavy (non-hydrogen) atoms. The second kappa shape index (κ2) is 7.79. The molecule has 0 saturated heterocycles. The Balaban J connectivity index is 1.78. The molecule has 6 heteroatoms. The molecular weight excluding hydrogens is 355 g/mol. The van der Waals surface area contributed by atoms with Crippen LogP contribution in [0.25, 0.3) is 0 Å². The van der Waals surface area contributed by atoms with Gasteiger partial charge in [0, 0.05) is 6.20 Å². The third-order valence-corrected chi connectivity index (χ3v) is 4.63. The van der Waals surface area contributed by atoms with Gasteiger partial charge in [-0.1, -0.05) is 18.2 Å². The average molecular weight is 373 g/mol. The van der Waals surface area contributed by atoms with Gasteiger partial charge in [-0.05, 0) is 53.7 Å². The summed E-state index contributed by atoms with van der Waals surface area (Å²) in [5.74, 6) is -0.172. The molecule has 1 unspecified atom stereocenters. The predicted molar refractivity (Wildman–Crippen MR) is 101 cm³/mol. The molecule has 0 aliphatic carbocycles. The molecule has 0 N–H and O–H groups in total. The van der Waals surface area contributed by atoms with Crippen molar-refractivity contribution in [1.29, 1.82) is 0 Å². The normalized spacial score (nSPS) is 10.8. The van der Waals surface area contributed by atoms with Gasteiger partial charge in [0.1, 0.15) is 24.0 Å². The average Bonchev–Trinajstić information content (AvgIpc) is 2.60. The van der Waals surface area contributed by atoms with Crippen LogP contribution in [0.4, 0.5) is 8.78 Å². The highest BCUT2D eigenvalue weighted by Crippen LogP contribution is 2.16. The van der Waals surface area contributed by atoms with Gasteiger partial charge >= 0.3 is 0 Å². The van der Waals surface area contributed by atoms with Crippen molar-refractivity contribution in [3.63, 3.8) is 0 Å². The number of rotatable bonds is 5.